The van der Waals surface area contributed by atoms with Crippen molar-refractivity contribution >= 4 is 11.6 Å². The minimum absolute atomic E-state index is 0.0904. The van der Waals surface area contributed by atoms with E-state index in [0.29, 0.717) is 29.3 Å². The highest BCUT2D eigenvalue weighted by atomic mass is 16.5. The zero-order valence-corrected chi connectivity index (χ0v) is 11.8. The quantitative estimate of drug-likeness (QED) is 0.792. The number of ether oxygens (including phenoxy) is 3. The van der Waals surface area contributed by atoms with E-state index in [9.17, 15) is 4.79 Å². The van der Waals surface area contributed by atoms with Gasteiger partial charge in [0.25, 0.3) is 5.91 Å². The summed E-state index contributed by atoms with van der Waals surface area (Å²) in [5.41, 5.74) is 6.58. The number of benzene rings is 1. The maximum absolute atomic E-state index is 12.2. The standard InChI is InChI=1S/C14H20N2O4/c1-18-10-6-11(13(15)12(7-10)19-2)14(17)16-8-9-4-3-5-20-9/h6-7,9H,3-5,8,15H2,1-2H3,(H,16,17). The molecule has 1 aliphatic rings. The van der Waals surface area contributed by atoms with Crippen LogP contribution < -0.4 is 20.5 Å². The average molecular weight is 280 g/mol. The summed E-state index contributed by atoms with van der Waals surface area (Å²) in [5, 5.41) is 2.83. The third kappa shape index (κ3) is 3.14. The number of nitrogen functional groups attached to an aromatic ring is 1. The zero-order valence-electron chi connectivity index (χ0n) is 11.8. The summed E-state index contributed by atoms with van der Waals surface area (Å²) in [5.74, 6) is 0.695. The van der Waals surface area contributed by atoms with Crippen molar-refractivity contribution in [1.29, 1.82) is 0 Å². The van der Waals surface area contributed by atoms with Crippen LogP contribution in [0.4, 0.5) is 5.69 Å². The van der Waals surface area contributed by atoms with Crippen LogP contribution in [0.1, 0.15) is 23.2 Å². The molecule has 6 heteroatoms. The minimum atomic E-state index is -0.254. The lowest BCUT2D eigenvalue weighted by molar-refractivity contribution is 0.0858. The Morgan fingerprint density at radius 1 is 1.45 bits per heavy atom. The van der Waals surface area contributed by atoms with Crippen LogP contribution in [-0.4, -0.2) is 39.4 Å². The first-order valence-corrected chi connectivity index (χ1v) is 6.57. The molecule has 0 aliphatic carbocycles. The lowest BCUT2D eigenvalue weighted by Crippen LogP contribution is -2.32. The molecule has 20 heavy (non-hydrogen) atoms. The van der Waals surface area contributed by atoms with Crippen LogP contribution in [0.5, 0.6) is 11.5 Å². The Kier molecular flexibility index (Phi) is 4.68. The molecule has 1 atom stereocenters. The normalized spacial score (nSPS) is 17.8. The molecule has 1 amide bonds. The highest BCUT2D eigenvalue weighted by Crippen LogP contribution is 2.30. The van der Waals surface area contributed by atoms with Crippen molar-refractivity contribution in [3.63, 3.8) is 0 Å². The van der Waals surface area contributed by atoms with Crippen LogP contribution >= 0.6 is 0 Å². The number of hydrogen-bond acceptors (Lipinski definition) is 5. The fourth-order valence-corrected chi connectivity index (χ4v) is 2.18. The molecule has 2 rings (SSSR count). The Hall–Kier alpha value is -1.95. The van der Waals surface area contributed by atoms with Gasteiger partial charge >= 0.3 is 0 Å². The molecule has 1 unspecified atom stereocenters. The van der Waals surface area contributed by atoms with Gasteiger partial charge in [0, 0.05) is 19.2 Å². The Morgan fingerprint density at radius 2 is 2.25 bits per heavy atom. The van der Waals surface area contributed by atoms with Crippen molar-refractivity contribution in [3.8, 4) is 11.5 Å². The summed E-state index contributed by atoms with van der Waals surface area (Å²) in [6, 6.07) is 3.24. The lowest BCUT2D eigenvalue weighted by Gasteiger charge is -2.14. The van der Waals surface area contributed by atoms with E-state index in [1.807, 2.05) is 0 Å². The van der Waals surface area contributed by atoms with Gasteiger partial charge in [0.05, 0.1) is 31.6 Å². The topological polar surface area (TPSA) is 82.8 Å². The molecule has 1 fully saturated rings. The van der Waals surface area contributed by atoms with Gasteiger partial charge in [0.2, 0.25) is 0 Å². The van der Waals surface area contributed by atoms with E-state index < -0.39 is 0 Å². The van der Waals surface area contributed by atoms with E-state index in [-0.39, 0.29) is 12.0 Å². The van der Waals surface area contributed by atoms with Crippen LogP contribution in [0.15, 0.2) is 12.1 Å². The molecule has 0 radical (unpaired) electrons. The van der Waals surface area contributed by atoms with Gasteiger partial charge in [0.1, 0.15) is 11.5 Å². The molecule has 0 spiro atoms. The van der Waals surface area contributed by atoms with Gasteiger partial charge in [-0.2, -0.15) is 0 Å². The van der Waals surface area contributed by atoms with Gasteiger partial charge in [0.15, 0.2) is 0 Å². The fraction of sp³-hybridized carbons (Fsp3) is 0.500. The number of anilines is 1. The summed E-state index contributed by atoms with van der Waals surface area (Å²) >= 11 is 0. The second-order valence-corrected chi connectivity index (χ2v) is 4.64. The number of amides is 1. The van der Waals surface area contributed by atoms with Crippen molar-refractivity contribution in [2.45, 2.75) is 18.9 Å². The minimum Gasteiger partial charge on any atom is -0.497 e. The molecule has 1 aromatic rings. The Balaban J connectivity index is 2.11. The van der Waals surface area contributed by atoms with Gasteiger partial charge < -0.3 is 25.3 Å². The molecule has 1 aliphatic heterocycles. The fourth-order valence-electron chi connectivity index (χ4n) is 2.18. The first kappa shape index (κ1) is 14.5. The number of nitrogens with one attached hydrogen (secondary N) is 1. The van der Waals surface area contributed by atoms with Crippen LogP contribution in [-0.2, 0) is 4.74 Å². The maximum Gasteiger partial charge on any atom is 0.253 e. The number of carbonyl (C=O) groups is 1. The summed E-state index contributed by atoms with van der Waals surface area (Å²) in [7, 11) is 3.03. The van der Waals surface area contributed by atoms with Crippen molar-refractivity contribution in [2.24, 2.45) is 0 Å². The number of nitrogens with two attached hydrogens (primary N) is 1. The highest BCUT2D eigenvalue weighted by Gasteiger charge is 2.19. The van der Waals surface area contributed by atoms with E-state index in [4.69, 9.17) is 19.9 Å². The van der Waals surface area contributed by atoms with Crippen LogP contribution in [0.3, 0.4) is 0 Å². The zero-order chi connectivity index (χ0) is 14.5. The highest BCUT2D eigenvalue weighted by molar-refractivity contribution is 6.00. The SMILES string of the molecule is COc1cc(OC)c(N)c(C(=O)NCC2CCCO2)c1. The Bertz CT molecular complexity index is 484. The largest absolute Gasteiger partial charge is 0.497 e. The lowest BCUT2D eigenvalue weighted by atomic mass is 10.1. The third-order valence-corrected chi connectivity index (χ3v) is 3.33. The molecular formula is C14H20N2O4. The van der Waals surface area contributed by atoms with Crippen LogP contribution in [0.2, 0.25) is 0 Å². The molecule has 1 saturated heterocycles. The van der Waals surface area contributed by atoms with E-state index in [1.54, 1.807) is 12.1 Å². The van der Waals surface area contributed by atoms with Crippen LogP contribution in [0, 0.1) is 0 Å². The van der Waals surface area contributed by atoms with E-state index in [0.717, 1.165) is 19.4 Å². The molecule has 3 N–H and O–H groups in total. The number of hydrogen-bond donors (Lipinski definition) is 2. The monoisotopic (exact) mass is 280 g/mol. The second-order valence-electron chi connectivity index (χ2n) is 4.64. The van der Waals surface area contributed by atoms with E-state index >= 15 is 0 Å². The smallest absolute Gasteiger partial charge is 0.253 e. The summed E-state index contributed by atoms with van der Waals surface area (Å²) < 4.78 is 15.8. The molecule has 1 heterocycles. The van der Waals surface area contributed by atoms with Crippen molar-refractivity contribution in [3.05, 3.63) is 17.7 Å². The Morgan fingerprint density at radius 3 is 2.85 bits per heavy atom. The van der Waals surface area contributed by atoms with Gasteiger partial charge in [-0.15, -0.1) is 0 Å². The molecule has 0 aromatic heterocycles. The number of rotatable bonds is 5. The maximum atomic E-state index is 12.2. The molecule has 110 valence electrons. The second kappa shape index (κ2) is 6.47. The average Bonchev–Trinajstić information content (AvgIpc) is 2.98. The predicted octanol–water partition coefficient (Wildman–Crippen LogP) is 1.19. The van der Waals surface area contributed by atoms with Gasteiger partial charge in [-0.1, -0.05) is 0 Å². The van der Waals surface area contributed by atoms with E-state index in [1.165, 1.54) is 14.2 Å². The van der Waals surface area contributed by atoms with Gasteiger partial charge in [-0.25, -0.2) is 0 Å². The van der Waals surface area contributed by atoms with Gasteiger partial charge in [-0.3, -0.25) is 4.79 Å². The third-order valence-electron chi connectivity index (χ3n) is 3.33. The first-order valence-electron chi connectivity index (χ1n) is 6.57. The Labute approximate surface area is 118 Å². The number of methoxy groups -OCH3 is 2. The van der Waals surface area contributed by atoms with Crippen molar-refractivity contribution in [1.82, 2.24) is 5.32 Å². The summed E-state index contributed by atoms with van der Waals surface area (Å²) in [4.78, 5) is 12.2. The van der Waals surface area contributed by atoms with E-state index in [2.05, 4.69) is 5.32 Å². The van der Waals surface area contributed by atoms with Gasteiger partial charge in [-0.05, 0) is 18.9 Å². The summed E-state index contributed by atoms with van der Waals surface area (Å²) in [6.45, 7) is 1.24. The van der Waals surface area contributed by atoms with Crippen LogP contribution in [0.25, 0.3) is 0 Å². The number of carbonyl (C=O) groups excluding carboxylic acids is 1. The summed E-state index contributed by atoms with van der Waals surface area (Å²) in [6.07, 6.45) is 2.10. The van der Waals surface area contributed by atoms with Crippen molar-refractivity contribution in [2.75, 3.05) is 33.1 Å². The predicted molar refractivity (Wildman–Crippen MR) is 75.3 cm³/mol. The molecular weight excluding hydrogens is 260 g/mol. The van der Waals surface area contributed by atoms with Crippen molar-refractivity contribution < 1.29 is 19.0 Å². The molecule has 1 aromatic carbocycles. The molecule has 6 nitrogen and oxygen atoms in total. The first-order chi connectivity index (χ1) is 9.65. The molecule has 0 saturated carbocycles. The molecule has 0 bridgehead atoms.